The minimum absolute atomic E-state index is 0.513. The van der Waals surface area contributed by atoms with Crippen molar-refractivity contribution < 1.29 is 14.9 Å². The molecule has 0 radical (unpaired) electrons. The van der Waals surface area contributed by atoms with Crippen LogP contribution in [-0.4, -0.2) is 9.94 Å². The number of nitrogens with one attached hydrogen (secondary N) is 1. The molecule has 3 aromatic rings. The lowest BCUT2D eigenvalue weighted by atomic mass is 9.95. The van der Waals surface area contributed by atoms with Gasteiger partial charge in [-0.3, -0.25) is 5.21 Å². The number of rotatable bonds is 3. The largest absolute Gasteiger partial charge is 0.409 e. The predicted molar refractivity (Wildman–Crippen MR) is 93.3 cm³/mol. The van der Waals surface area contributed by atoms with Gasteiger partial charge in [0, 0.05) is 0 Å². The first-order chi connectivity index (χ1) is 12.3. The maximum Gasteiger partial charge on any atom is 0.186 e. The third-order valence-corrected chi connectivity index (χ3v) is 4.98. The van der Waals surface area contributed by atoms with Crippen molar-refractivity contribution in [1.29, 1.82) is 0 Å². The summed E-state index contributed by atoms with van der Waals surface area (Å²) in [5, 5.41) is 11.8. The maximum atomic E-state index is 9.86. The molecule has 0 atom stereocenters. The van der Waals surface area contributed by atoms with E-state index in [4.69, 9.17) is 9.68 Å². The molecule has 0 bridgehead atoms. The molecule has 6 heteroatoms. The molecule has 0 saturated heterocycles. The summed E-state index contributed by atoms with van der Waals surface area (Å²) in [6.45, 7) is 0.513. The monoisotopic (exact) mass is 337 g/mol. The minimum Gasteiger partial charge on any atom is -0.409 e. The molecule has 0 unspecified atom stereocenters. The molecule has 25 heavy (non-hydrogen) atoms. The quantitative estimate of drug-likeness (QED) is 0.769. The third-order valence-electron chi connectivity index (χ3n) is 4.98. The van der Waals surface area contributed by atoms with Crippen LogP contribution < -0.4 is 20.4 Å². The van der Waals surface area contributed by atoms with Crippen LogP contribution in [0.2, 0.25) is 0 Å². The van der Waals surface area contributed by atoms with Crippen molar-refractivity contribution in [2.24, 2.45) is 0 Å². The van der Waals surface area contributed by atoms with Crippen LogP contribution in [0.15, 0.2) is 42.5 Å². The smallest absolute Gasteiger partial charge is 0.186 e. The lowest BCUT2D eigenvalue weighted by molar-refractivity contribution is 0.0995. The molecule has 1 aliphatic heterocycles. The van der Waals surface area contributed by atoms with E-state index in [0.29, 0.717) is 18.0 Å². The molecule has 2 aromatic carbocycles. The zero-order valence-electron chi connectivity index (χ0n) is 13.7. The molecule has 1 aromatic heterocycles. The van der Waals surface area contributed by atoms with E-state index in [0.717, 1.165) is 47.3 Å². The zero-order chi connectivity index (χ0) is 16.8. The first-order valence-corrected chi connectivity index (χ1v) is 8.61. The molecule has 0 amide bonds. The van der Waals surface area contributed by atoms with Crippen molar-refractivity contribution in [1.82, 2.24) is 10.3 Å². The van der Waals surface area contributed by atoms with Gasteiger partial charge < -0.3 is 9.68 Å². The molecule has 128 valence electrons. The number of fused-ring (bicyclic) bond motifs is 5. The second kappa shape index (κ2) is 5.68. The molecule has 2 aliphatic rings. The Kier molecular flexibility index (Phi) is 3.33. The fourth-order valence-electron chi connectivity index (χ4n) is 3.82. The second-order valence-corrected chi connectivity index (χ2v) is 6.50. The molecular formula is C19H19N3O3. The average Bonchev–Trinajstić information content (AvgIpc) is 3.19. The molecule has 0 spiro atoms. The highest BCUT2D eigenvalue weighted by Crippen LogP contribution is 2.43. The normalized spacial score (nSPS) is 15.8. The van der Waals surface area contributed by atoms with Crippen LogP contribution in [-0.2, 0) is 19.4 Å². The second-order valence-electron chi connectivity index (χ2n) is 6.50. The van der Waals surface area contributed by atoms with Gasteiger partial charge in [-0.05, 0) is 54.5 Å². The Morgan fingerprint density at radius 1 is 1.08 bits per heavy atom. The molecule has 2 N–H and O–H groups in total. The summed E-state index contributed by atoms with van der Waals surface area (Å²) >= 11 is 0. The number of aromatic nitrogens is 1. The average molecular weight is 337 g/mol. The van der Waals surface area contributed by atoms with E-state index in [2.05, 4.69) is 17.7 Å². The van der Waals surface area contributed by atoms with E-state index >= 15 is 0 Å². The number of hydrogen-bond acceptors (Lipinski definition) is 5. The van der Waals surface area contributed by atoms with E-state index in [1.54, 1.807) is 0 Å². The first kappa shape index (κ1) is 14.6. The minimum atomic E-state index is 0.513. The standard InChI is InChI=1S/C19H19N3O3/c23-22-17-11-10-16-18(19(17)25-20-22)14-8-4-5-9-15(14)21(16)24-12-13-6-2-1-3-7-13/h1-3,6-7,10-11,20,23H,4-5,8-9,12H2. The Bertz CT molecular complexity index is 936. The summed E-state index contributed by atoms with van der Waals surface area (Å²) in [4.78, 5) is 11.7. The zero-order valence-corrected chi connectivity index (χ0v) is 13.7. The van der Waals surface area contributed by atoms with E-state index in [1.807, 2.05) is 35.1 Å². The van der Waals surface area contributed by atoms with Gasteiger partial charge in [-0.15, -0.1) is 5.17 Å². The van der Waals surface area contributed by atoms with Gasteiger partial charge in [0.15, 0.2) is 5.75 Å². The summed E-state index contributed by atoms with van der Waals surface area (Å²) in [6.07, 6.45) is 4.30. The van der Waals surface area contributed by atoms with Gasteiger partial charge in [0.1, 0.15) is 12.3 Å². The summed E-state index contributed by atoms with van der Waals surface area (Å²) in [5.74, 6) is 0.667. The van der Waals surface area contributed by atoms with E-state index < -0.39 is 0 Å². The Hall–Kier alpha value is -2.70. The summed E-state index contributed by atoms with van der Waals surface area (Å²) < 4.78 is 1.96. The van der Waals surface area contributed by atoms with Crippen LogP contribution in [0.1, 0.15) is 29.7 Å². The lowest BCUT2D eigenvalue weighted by Crippen LogP contribution is -2.30. The van der Waals surface area contributed by atoms with Gasteiger partial charge in [0.2, 0.25) is 0 Å². The van der Waals surface area contributed by atoms with Crippen LogP contribution in [0.3, 0.4) is 0 Å². The number of hydrogen-bond donors (Lipinski definition) is 2. The Morgan fingerprint density at radius 2 is 1.92 bits per heavy atom. The van der Waals surface area contributed by atoms with Gasteiger partial charge in [0.05, 0.1) is 16.6 Å². The Morgan fingerprint density at radius 3 is 2.80 bits per heavy atom. The van der Waals surface area contributed by atoms with Crippen LogP contribution in [0, 0.1) is 0 Å². The molecule has 6 nitrogen and oxygen atoms in total. The third kappa shape index (κ3) is 2.26. The lowest BCUT2D eigenvalue weighted by Gasteiger charge is -2.16. The van der Waals surface area contributed by atoms with Crippen molar-refractivity contribution in [3.05, 3.63) is 59.3 Å². The fourth-order valence-corrected chi connectivity index (χ4v) is 3.82. The van der Waals surface area contributed by atoms with Gasteiger partial charge in [-0.1, -0.05) is 30.3 Å². The molecular weight excluding hydrogens is 318 g/mol. The van der Waals surface area contributed by atoms with E-state index in [-0.39, 0.29) is 0 Å². The highest BCUT2D eigenvalue weighted by molar-refractivity contribution is 5.96. The van der Waals surface area contributed by atoms with Gasteiger partial charge in [-0.25, -0.2) is 0 Å². The van der Waals surface area contributed by atoms with Crippen LogP contribution >= 0.6 is 0 Å². The van der Waals surface area contributed by atoms with Crippen molar-refractivity contribution in [3.8, 4) is 5.75 Å². The van der Waals surface area contributed by atoms with Gasteiger partial charge in [0.25, 0.3) is 0 Å². The molecule has 0 fully saturated rings. The Labute approximate surface area is 145 Å². The molecule has 5 rings (SSSR count). The predicted octanol–water partition coefficient (Wildman–Crippen LogP) is 3.16. The van der Waals surface area contributed by atoms with Crippen molar-refractivity contribution in [2.75, 3.05) is 5.17 Å². The SMILES string of the molecule is ON1NOc2c1ccc1c2c2c(n1OCc1ccccc1)CCCC2. The van der Waals surface area contributed by atoms with Crippen LogP contribution in [0.5, 0.6) is 5.75 Å². The van der Waals surface area contributed by atoms with E-state index in [9.17, 15) is 5.21 Å². The highest BCUT2D eigenvalue weighted by Gasteiger charge is 2.29. The topological polar surface area (TPSA) is 58.9 Å². The summed E-state index contributed by atoms with van der Waals surface area (Å²) in [7, 11) is 0. The van der Waals surface area contributed by atoms with Crippen molar-refractivity contribution in [2.45, 2.75) is 32.3 Å². The summed E-state index contributed by atoms with van der Waals surface area (Å²) in [6, 6.07) is 14.0. The number of nitrogens with zero attached hydrogens (tertiary/aromatic N) is 2. The number of benzene rings is 2. The van der Waals surface area contributed by atoms with Crippen molar-refractivity contribution >= 4 is 16.6 Å². The number of aryl methyl sites for hydroxylation is 1. The fraction of sp³-hybridized carbons (Fsp3) is 0.263. The van der Waals surface area contributed by atoms with E-state index in [1.165, 1.54) is 11.3 Å². The highest BCUT2D eigenvalue weighted by atomic mass is 16.8. The first-order valence-electron chi connectivity index (χ1n) is 8.61. The van der Waals surface area contributed by atoms with Gasteiger partial charge >= 0.3 is 0 Å². The van der Waals surface area contributed by atoms with Crippen LogP contribution in [0.4, 0.5) is 5.69 Å². The number of hydrazine groups is 1. The molecule has 1 aliphatic carbocycles. The van der Waals surface area contributed by atoms with Crippen molar-refractivity contribution in [3.63, 3.8) is 0 Å². The molecule has 2 heterocycles. The molecule has 0 saturated carbocycles. The van der Waals surface area contributed by atoms with Gasteiger partial charge in [-0.2, -0.15) is 4.73 Å². The Balaban J connectivity index is 1.63. The number of anilines is 1. The maximum absolute atomic E-state index is 9.86. The summed E-state index contributed by atoms with van der Waals surface area (Å²) in [5.41, 5.74) is 7.71. The van der Waals surface area contributed by atoms with Crippen LogP contribution in [0.25, 0.3) is 10.9 Å².